The topological polar surface area (TPSA) is 0 Å². The molecule has 17 heavy (non-hydrogen) atoms. The van der Waals surface area contributed by atoms with E-state index in [4.69, 9.17) is 0 Å². The molecule has 0 radical (unpaired) electrons. The smallest absolute Gasteiger partial charge is 0.358 e. The second-order valence-electron chi connectivity index (χ2n) is 3.16. The number of rotatable bonds is 0. The molecule has 2 aromatic rings. The molecule has 0 saturated heterocycles. The fourth-order valence-corrected chi connectivity index (χ4v) is 0.966. The van der Waals surface area contributed by atoms with Crippen LogP contribution >= 0.6 is 0 Å². The maximum atomic E-state index is 2.96. The van der Waals surface area contributed by atoms with E-state index in [2.05, 4.69) is 38.1 Å². The molecule has 0 saturated carbocycles. The predicted molar refractivity (Wildman–Crippen MR) is 72.9 cm³/mol. The Morgan fingerprint density at radius 2 is 1.12 bits per heavy atom. The van der Waals surface area contributed by atoms with E-state index in [1.165, 1.54) is 11.1 Å². The summed E-state index contributed by atoms with van der Waals surface area (Å²) in [5.41, 5.74) is 2.53. The average Bonchev–Trinajstić information content (AvgIpc) is 2.21. The van der Waals surface area contributed by atoms with Crippen LogP contribution in [0, 0.1) is 40.8 Å². The Kier molecular flexibility index (Phi) is 17.0. The second kappa shape index (κ2) is 13.4. The van der Waals surface area contributed by atoms with Crippen LogP contribution in [0.1, 0.15) is 11.1 Å². The van der Waals surface area contributed by atoms with Gasteiger partial charge in [0.2, 0.25) is 0 Å². The molecule has 0 aliphatic heterocycles. The van der Waals surface area contributed by atoms with Gasteiger partial charge in [0.25, 0.3) is 0 Å². The standard InChI is InChI=1S/2C7H7.2CH3.Hf/c2*1-7-5-3-2-4-6-7;;;/h2*2-3,5-6H,1H3;2*1H3;/q4*-1;+4. The van der Waals surface area contributed by atoms with Gasteiger partial charge in [-0.15, -0.1) is 0 Å². The third-order valence-corrected chi connectivity index (χ3v) is 1.73. The molecule has 0 unspecified atom stereocenters. The van der Waals surface area contributed by atoms with Crippen molar-refractivity contribution in [1.82, 2.24) is 0 Å². The third-order valence-electron chi connectivity index (χ3n) is 1.73. The van der Waals surface area contributed by atoms with Crippen LogP contribution in [0.25, 0.3) is 0 Å². The summed E-state index contributed by atoms with van der Waals surface area (Å²) < 4.78 is 0. The first-order valence-corrected chi connectivity index (χ1v) is 4.64. The summed E-state index contributed by atoms with van der Waals surface area (Å²) in [7, 11) is 0. The maximum absolute atomic E-state index is 2.96. The van der Waals surface area contributed by atoms with Crippen molar-refractivity contribution in [2.24, 2.45) is 0 Å². The maximum Gasteiger partial charge on any atom is 4.00 e. The van der Waals surface area contributed by atoms with Crippen LogP contribution in [-0.2, 0) is 25.8 Å². The van der Waals surface area contributed by atoms with Gasteiger partial charge in [0.1, 0.15) is 0 Å². The van der Waals surface area contributed by atoms with Gasteiger partial charge < -0.3 is 14.9 Å². The van der Waals surface area contributed by atoms with E-state index in [-0.39, 0.29) is 40.7 Å². The molecule has 88 valence electrons. The van der Waals surface area contributed by atoms with E-state index in [0.29, 0.717) is 0 Å². The van der Waals surface area contributed by atoms with Crippen molar-refractivity contribution in [3.05, 3.63) is 86.6 Å². The zero-order valence-corrected chi connectivity index (χ0v) is 14.7. The number of hydrogen-bond acceptors (Lipinski definition) is 0. The quantitative estimate of drug-likeness (QED) is 0.459. The molecule has 0 aliphatic carbocycles. The van der Waals surface area contributed by atoms with Crippen molar-refractivity contribution in [2.75, 3.05) is 0 Å². The molecule has 2 aromatic carbocycles. The van der Waals surface area contributed by atoms with Gasteiger partial charge in [-0.1, -0.05) is 13.8 Å². The zero-order chi connectivity index (χ0) is 10.2. The van der Waals surface area contributed by atoms with Gasteiger partial charge in [0, 0.05) is 0 Å². The number of hydrogen-bond donors (Lipinski definition) is 0. The van der Waals surface area contributed by atoms with Gasteiger partial charge in [0.05, 0.1) is 0 Å². The summed E-state index contributed by atoms with van der Waals surface area (Å²) in [5, 5.41) is 0. The van der Waals surface area contributed by atoms with E-state index in [1.807, 2.05) is 36.4 Å². The minimum Gasteiger partial charge on any atom is -0.358 e. The molecule has 0 nitrogen and oxygen atoms in total. The molecule has 0 N–H and O–H groups in total. The minimum atomic E-state index is 0. The SMILES string of the molecule is Cc1c[c-]ccc1.Cc1c[c-]ccc1.[CH3-].[CH3-].[Hf+4]. The summed E-state index contributed by atoms with van der Waals surface area (Å²) in [6.07, 6.45) is 0. The van der Waals surface area contributed by atoms with Gasteiger partial charge in [-0.05, 0) is 0 Å². The molecule has 0 aliphatic rings. The molecule has 2 rings (SSSR count). The predicted octanol–water partition coefficient (Wildman–Crippen LogP) is 4.49. The summed E-state index contributed by atoms with van der Waals surface area (Å²) in [4.78, 5) is 0. The van der Waals surface area contributed by atoms with Crippen molar-refractivity contribution in [3.63, 3.8) is 0 Å². The van der Waals surface area contributed by atoms with Crippen LogP contribution in [-0.4, -0.2) is 0 Å². The molecule has 0 spiro atoms. The van der Waals surface area contributed by atoms with Crippen LogP contribution in [0.15, 0.2) is 48.5 Å². The molecule has 0 fully saturated rings. The van der Waals surface area contributed by atoms with Crippen LogP contribution < -0.4 is 0 Å². The van der Waals surface area contributed by atoms with Gasteiger partial charge >= 0.3 is 25.8 Å². The van der Waals surface area contributed by atoms with E-state index in [9.17, 15) is 0 Å². The van der Waals surface area contributed by atoms with E-state index >= 15 is 0 Å². The molecule has 1 heteroatoms. The van der Waals surface area contributed by atoms with Gasteiger partial charge in [-0.3, -0.25) is 0 Å². The van der Waals surface area contributed by atoms with Crippen LogP contribution in [0.5, 0.6) is 0 Å². The zero-order valence-electron chi connectivity index (χ0n) is 11.1. The first-order chi connectivity index (χ1) is 6.79. The molecule has 0 heterocycles. The van der Waals surface area contributed by atoms with Crippen molar-refractivity contribution in [2.45, 2.75) is 13.8 Å². The Labute approximate surface area is 126 Å². The van der Waals surface area contributed by atoms with E-state index in [0.717, 1.165) is 0 Å². The van der Waals surface area contributed by atoms with E-state index < -0.39 is 0 Å². The summed E-state index contributed by atoms with van der Waals surface area (Å²) >= 11 is 0. The van der Waals surface area contributed by atoms with Gasteiger partial charge in [0.15, 0.2) is 0 Å². The average molecular weight is 391 g/mol. The van der Waals surface area contributed by atoms with Crippen molar-refractivity contribution in [1.29, 1.82) is 0 Å². The first kappa shape index (κ1) is 21.6. The van der Waals surface area contributed by atoms with Crippen LogP contribution in [0.2, 0.25) is 0 Å². The molecule has 0 amide bonds. The Hall–Kier alpha value is -0.690. The van der Waals surface area contributed by atoms with E-state index in [1.54, 1.807) is 0 Å². The molecular weight excluding hydrogens is 371 g/mol. The number of benzene rings is 2. The summed E-state index contributed by atoms with van der Waals surface area (Å²) in [5.74, 6) is 0. The fraction of sp³-hybridized carbons (Fsp3) is 0.125. The number of aryl methyl sites for hydroxylation is 2. The normalized spacial score (nSPS) is 7.18. The molecular formula is C16H20Hf. The fourth-order valence-electron chi connectivity index (χ4n) is 0.966. The Balaban J connectivity index is -0.000000196. The van der Waals surface area contributed by atoms with Gasteiger partial charge in [-0.2, -0.15) is 71.8 Å². The summed E-state index contributed by atoms with van der Waals surface area (Å²) in [6, 6.07) is 21.7. The van der Waals surface area contributed by atoms with Gasteiger partial charge in [-0.25, -0.2) is 0 Å². The third kappa shape index (κ3) is 11.6. The summed E-state index contributed by atoms with van der Waals surface area (Å²) in [6.45, 7) is 4.10. The Bertz CT molecular complexity index is 303. The largest absolute Gasteiger partial charge is 4.00 e. The van der Waals surface area contributed by atoms with Crippen LogP contribution in [0.3, 0.4) is 0 Å². The second-order valence-corrected chi connectivity index (χ2v) is 3.16. The molecule has 0 bridgehead atoms. The first-order valence-electron chi connectivity index (χ1n) is 4.64. The Morgan fingerprint density at radius 1 is 0.765 bits per heavy atom. The Morgan fingerprint density at radius 3 is 1.24 bits per heavy atom. The molecule has 0 atom stereocenters. The van der Waals surface area contributed by atoms with Crippen molar-refractivity contribution >= 4 is 0 Å². The van der Waals surface area contributed by atoms with Crippen molar-refractivity contribution in [3.8, 4) is 0 Å². The minimum absolute atomic E-state index is 0. The molecule has 0 aromatic heterocycles. The van der Waals surface area contributed by atoms with Crippen molar-refractivity contribution < 1.29 is 25.8 Å². The van der Waals surface area contributed by atoms with Crippen LogP contribution in [0.4, 0.5) is 0 Å². The monoisotopic (exact) mass is 392 g/mol.